The minimum atomic E-state index is 0.360. The van der Waals surface area contributed by atoms with E-state index in [0.29, 0.717) is 11.3 Å². The normalized spacial score (nSPS) is 13.2. The van der Waals surface area contributed by atoms with Gasteiger partial charge in [-0.3, -0.25) is 0 Å². The summed E-state index contributed by atoms with van der Waals surface area (Å²) in [4.78, 5) is 0. The van der Waals surface area contributed by atoms with Crippen molar-refractivity contribution in [3.63, 3.8) is 0 Å². The Kier molecular flexibility index (Phi) is 7.35. The summed E-state index contributed by atoms with van der Waals surface area (Å²) in [6.45, 7) is 10.8. The average Bonchev–Trinajstić information content (AvgIpc) is 2.78. The first-order chi connectivity index (χ1) is 8.69. The molecule has 1 atom stereocenters. The summed E-state index contributed by atoms with van der Waals surface area (Å²) in [6, 6.07) is 0.360. The highest BCUT2D eigenvalue weighted by molar-refractivity contribution is 7.99. The van der Waals surface area contributed by atoms with Gasteiger partial charge in [0.25, 0.3) is 0 Å². The van der Waals surface area contributed by atoms with E-state index in [1.807, 2.05) is 22.6 Å². The zero-order valence-corrected chi connectivity index (χ0v) is 12.8. The Labute approximate surface area is 115 Å². The number of hydrogen-bond donors (Lipinski definition) is 1. The molecule has 1 N–H and O–H groups in total. The molecule has 1 unspecified atom stereocenters. The van der Waals surface area contributed by atoms with Crippen LogP contribution in [0.25, 0.3) is 0 Å². The van der Waals surface area contributed by atoms with Gasteiger partial charge in [-0.1, -0.05) is 32.9 Å². The molecule has 18 heavy (non-hydrogen) atoms. The van der Waals surface area contributed by atoms with E-state index in [-0.39, 0.29) is 0 Å². The van der Waals surface area contributed by atoms with Crippen molar-refractivity contribution >= 4 is 11.8 Å². The number of nitrogens with zero attached hydrogens (tertiary/aromatic N) is 3. The van der Waals surface area contributed by atoms with Crippen molar-refractivity contribution in [1.29, 1.82) is 0 Å². The first-order valence-electron chi connectivity index (χ1n) is 6.92. The van der Waals surface area contributed by atoms with Gasteiger partial charge in [-0.05, 0) is 24.6 Å². The Bertz CT molecular complexity index is 325. The van der Waals surface area contributed by atoms with Gasteiger partial charge in [0, 0.05) is 12.3 Å². The molecular weight excluding hydrogens is 244 g/mol. The molecule has 1 rings (SSSR count). The summed E-state index contributed by atoms with van der Waals surface area (Å²) in [5.74, 6) is 1.08. The van der Waals surface area contributed by atoms with Gasteiger partial charge in [-0.2, -0.15) is 11.8 Å². The van der Waals surface area contributed by atoms with Crippen LogP contribution in [-0.4, -0.2) is 32.5 Å². The lowest BCUT2D eigenvalue weighted by atomic mass is 10.2. The maximum absolute atomic E-state index is 4.18. The molecule has 0 saturated carbocycles. The van der Waals surface area contributed by atoms with E-state index in [1.165, 1.54) is 5.69 Å². The molecule has 4 nitrogen and oxygen atoms in total. The molecule has 0 aromatic carbocycles. The molecule has 0 spiro atoms. The van der Waals surface area contributed by atoms with E-state index >= 15 is 0 Å². The molecule has 0 bridgehead atoms. The van der Waals surface area contributed by atoms with Gasteiger partial charge >= 0.3 is 0 Å². The Morgan fingerprint density at radius 2 is 2.11 bits per heavy atom. The van der Waals surface area contributed by atoms with Crippen molar-refractivity contribution in [2.45, 2.75) is 58.4 Å². The molecule has 1 aromatic heterocycles. The Balaban J connectivity index is 2.69. The van der Waals surface area contributed by atoms with E-state index in [0.717, 1.165) is 31.7 Å². The summed E-state index contributed by atoms with van der Waals surface area (Å²) < 4.78 is 2.04. The molecular formula is C13H26N4S. The Hall–Kier alpha value is -0.550. The summed E-state index contributed by atoms with van der Waals surface area (Å²) >= 11 is 1.98. The first-order valence-corrected chi connectivity index (χ1v) is 7.97. The van der Waals surface area contributed by atoms with Crippen molar-refractivity contribution < 1.29 is 0 Å². The number of aromatic nitrogens is 3. The van der Waals surface area contributed by atoms with Crippen molar-refractivity contribution in [3.8, 4) is 0 Å². The fraction of sp³-hybridized carbons (Fsp3) is 0.846. The fourth-order valence-electron chi connectivity index (χ4n) is 1.78. The summed E-state index contributed by atoms with van der Waals surface area (Å²) in [6.07, 6.45) is 4.15. The topological polar surface area (TPSA) is 42.7 Å². The van der Waals surface area contributed by atoms with Gasteiger partial charge in [-0.15, -0.1) is 5.10 Å². The van der Waals surface area contributed by atoms with Crippen LogP contribution in [0.15, 0.2) is 6.20 Å². The van der Waals surface area contributed by atoms with Crippen LogP contribution in [0.3, 0.4) is 0 Å². The van der Waals surface area contributed by atoms with E-state index in [4.69, 9.17) is 0 Å². The lowest BCUT2D eigenvalue weighted by molar-refractivity contribution is 0.492. The molecule has 0 saturated heterocycles. The molecule has 0 aliphatic carbocycles. The minimum Gasteiger partial charge on any atom is -0.308 e. The zero-order valence-electron chi connectivity index (χ0n) is 12.0. The highest BCUT2D eigenvalue weighted by Crippen LogP contribution is 2.20. The van der Waals surface area contributed by atoms with E-state index in [2.05, 4.69) is 43.3 Å². The van der Waals surface area contributed by atoms with Crippen LogP contribution in [0, 0.1) is 0 Å². The van der Waals surface area contributed by atoms with Crippen LogP contribution >= 0.6 is 11.8 Å². The van der Waals surface area contributed by atoms with Crippen LogP contribution < -0.4 is 5.32 Å². The second-order valence-electron chi connectivity index (χ2n) is 4.77. The quantitative estimate of drug-likeness (QED) is 0.749. The minimum absolute atomic E-state index is 0.360. The number of nitrogens with one attached hydrogen (secondary N) is 1. The van der Waals surface area contributed by atoms with Crippen LogP contribution in [0.1, 0.15) is 52.3 Å². The lowest BCUT2D eigenvalue weighted by Gasteiger charge is -2.19. The predicted molar refractivity (Wildman–Crippen MR) is 78.9 cm³/mol. The fourth-order valence-corrected chi connectivity index (χ4v) is 2.64. The van der Waals surface area contributed by atoms with Crippen LogP contribution in [0.2, 0.25) is 0 Å². The molecule has 0 aliphatic rings. The molecule has 0 amide bonds. The van der Waals surface area contributed by atoms with Gasteiger partial charge in [-0.25, -0.2) is 4.68 Å². The summed E-state index contributed by atoms with van der Waals surface area (Å²) in [5.41, 5.74) is 1.22. The highest BCUT2D eigenvalue weighted by atomic mass is 32.2. The Morgan fingerprint density at radius 3 is 2.72 bits per heavy atom. The zero-order chi connectivity index (χ0) is 13.4. The third-order valence-corrected chi connectivity index (χ3v) is 3.87. The number of aryl methyl sites for hydroxylation is 1. The molecule has 1 heterocycles. The maximum Gasteiger partial charge on any atom is 0.0764 e. The van der Waals surface area contributed by atoms with Gasteiger partial charge < -0.3 is 5.32 Å². The third-order valence-electron chi connectivity index (χ3n) is 2.68. The third kappa shape index (κ3) is 4.98. The first kappa shape index (κ1) is 15.5. The van der Waals surface area contributed by atoms with Gasteiger partial charge in [0.2, 0.25) is 0 Å². The van der Waals surface area contributed by atoms with Gasteiger partial charge in [0.1, 0.15) is 0 Å². The van der Waals surface area contributed by atoms with E-state index < -0.39 is 0 Å². The van der Waals surface area contributed by atoms with Crippen molar-refractivity contribution in [2.75, 3.05) is 12.3 Å². The van der Waals surface area contributed by atoms with Crippen LogP contribution in [-0.2, 0) is 6.54 Å². The second kappa shape index (κ2) is 8.53. The molecule has 1 aromatic rings. The lowest BCUT2D eigenvalue weighted by Crippen LogP contribution is -2.27. The highest BCUT2D eigenvalue weighted by Gasteiger charge is 2.16. The Morgan fingerprint density at radius 1 is 1.33 bits per heavy atom. The number of rotatable bonds is 9. The number of thioether (sulfide) groups is 1. The maximum atomic E-state index is 4.18. The average molecular weight is 270 g/mol. The molecule has 0 fully saturated rings. The van der Waals surface area contributed by atoms with E-state index in [9.17, 15) is 0 Å². The molecule has 0 radical (unpaired) electrons. The summed E-state index contributed by atoms with van der Waals surface area (Å²) in [7, 11) is 0. The standard InChI is InChI=1S/C13H26N4S/c1-5-7-14-12(10-18-11(3)4)13-9-15-16-17(13)8-6-2/h9,11-12,14H,5-8,10H2,1-4H3. The molecule has 0 aliphatic heterocycles. The molecule has 104 valence electrons. The predicted octanol–water partition coefficient (Wildman–Crippen LogP) is 2.87. The van der Waals surface area contributed by atoms with Gasteiger partial charge in [0.05, 0.1) is 17.9 Å². The largest absolute Gasteiger partial charge is 0.308 e. The van der Waals surface area contributed by atoms with Crippen molar-refractivity contribution in [1.82, 2.24) is 20.3 Å². The summed E-state index contributed by atoms with van der Waals surface area (Å²) in [5, 5.41) is 12.5. The van der Waals surface area contributed by atoms with Crippen molar-refractivity contribution in [3.05, 3.63) is 11.9 Å². The van der Waals surface area contributed by atoms with Gasteiger partial charge in [0.15, 0.2) is 0 Å². The SMILES string of the molecule is CCCNC(CSC(C)C)c1cnnn1CCC. The van der Waals surface area contributed by atoms with Crippen molar-refractivity contribution in [2.24, 2.45) is 0 Å². The second-order valence-corrected chi connectivity index (χ2v) is 6.38. The monoisotopic (exact) mass is 270 g/mol. The smallest absolute Gasteiger partial charge is 0.0764 e. The van der Waals surface area contributed by atoms with Crippen LogP contribution in [0.5, 0.6) is 0 Å². The number of hydrogen-bond acceptors (Lipinski definition) is 4. The van der Waals surface area contributed by atoms with E-state index in [1.54, 1.807) is 0 Å². The van der Waals surface area contributed by atoms with Crippen LogP contribution in [0.4, 0.5) is 0 Å². The molecule has 5 heteroatoms.